The van der Waals surface area contributed by atoms with Gasteiger partial charge in [0.05, 0.1) is 12.0 Å². The summed E-state index contributed by atoms with van der Waals surface area (Å²) < 4.78 is 0. The van der Waals surface area contributed by atoms with Gasteiger partial charge in [-0.1, -0.05) is 11.3 Å². The highest BCUT2D eigenvalue weighted by atomic mass is 16.2. The molecular formula is C13H14N6O2. The second kappa shape index (κ2) is 4.65. The van der Waals surface area contributed by atoms with Gasteiger partial charge in [-0.05, 0) is 31.5 Å². The van der Waals surface area contributed by atoms with E-state index >= 15 is 0 Å². The molecule has 108 valence electrons. The number of rotatable bonds is 3. The van der Waals surface area contributed by atoms with Crippen LogP contribution in [-0.4, -0.2) is 32.4 Å². The summed E-state index contributed by atoms with van der Waals surface area (Å²) in [6.07, 6.45) is 0. The van der Waals surface area contributed by atoms with Gasteiger partial charge >= 0.3 is 0 Å². The van der Waals surface area contributed by atoms with Crippen LogP contribution >= 0.6 is 0 Å². The largest absolute Gasteiger partial charge is 0.345 e. The van der Waals surface area contributed by atoms with Crippen molar-refractivity contribution in [1.29, 1.82) is 0 Å². The Balaban J connectivity index is 1.77. The molecule has 0 atom stereocenters. The number of anilines is 1. The topological polar surface area (TPSA) is 113 Å². The molecule has 2 heterocycles. The SMILES string of the molecule is CC1(C)C(=O)Nc2cc(C(=O)NCc3nn[nH]n3)ccc21. The van der Waals surface area contributed by atoms with E-state index < -0.39 is 5.41 Å². The zero-order chi connectivity index (χ0) is 15.0. The van der Waals surface area contributed by atoms with Gasteiger partial charge in [-0.2, -0.15) is 5.21 Å². The van der Waals surface area contributed by atoms with Crippen LogP contribution in [0, 0.1) is 0 Å². The van der Waals surface area contributed by atoms with Crippen LogP contribution < -0.4 is 10.6 Å². The fourth-order valence-corrected chi connectivity index (χ4v) is 2.25. The Labute approximate surface area is 120 Å². The van der Waals surface area contributed by atoms with Crippen molar-refractivity contribution in [3.05, 3.63) is 35.2 Å². The van der Waals surface area contributed by atoms with Crippen LogP contribution in [0.2, 0.25) is 0 Å². The summed E-state index contributed by atoms with van der Waals surface area (Å²) in [6, 6.07) is 5.18. The highest BCUT2D eigenvalue weighted by Gasteiger charge is 2.38. The predicted octanol–water partition coefficient (Wildman–Crippen LogP) is 0.359. The fourth-order valence-electron chi connectivity index (χ4n) is 2.25. The smallest absolute Gasteiger partial charge is 0.251 e. The van der Waals surface area contributed by atoms with Crippen molar-refractivity contribution >= 4 is 17.5 Å². The van der Waals surface area contributed by atoms with Gasteiger partial charge < -0.3 is 10.6 Å². The number of nitrogens with zero attached hydrogens (tertiary/aromatic N) is 3. The maximum absolute atomic E-state index is 12.1. The van der Waals surface area contributed by atoms with Crippen molar-refractivity contribution in [1.82, 2.24) is 25.9 Å². The van der Waals surface area contributed by atoms with E-state index in [1.165, 1.54) is 0 Å². The van der Waals surface area contributed by atoms with E-state index in [4.69, 9.17) is 0 Å². The molecule has 8 nitrogen and oxygen atoms in total. The molecule has 0 fully saturated rings. The number of aromatic nitrogens is 4. The lowest BCUT2D eigenvalue weighted by Crippen LogP contribution is -2.26. The predicted molar refractivity (Wildman–Crippen MR) is 73.4 cm³/mol. The summed E-state index contributed by atoms with van der Waals surface area (Å²) in [5.74, 6) is 0.0716. The Kier molecular flexibility index (Phi) is 2.93. The zero-order valence-corrected chi connectivity index (χ0v) is 11.6. The molecule has 0 aliphatic carbocycles. The Morgan fingerprint density at radius 3 is 2.90 bits per heavy atom. The Morgan fingerprint density at radius 2 is 2.19 bits per heavy atom. The first-order chi connectivity index (χ1) is 9.98. The van der Waals surface area contributed by atoms with E-state index in [-0.39, 0.29) is 18.4 Å². The highest BCUT2D eigenvalue weighted by Crippen LogP contribution is 2.37. The summed E-state index contributed by atoms with van der Waals surface area (Å²) in [7, 11) is 0. The van der Waals surface area contributed by atoms with Crippen molar-refractivity contribution in [2.75, 3.05) is 5.32 Å². The minimum atomic E-state index is -0.574. The number of benzene rings is 1. The van der Waals surface area contributed by atoms with E-state index in [1.807, 2.05) is 13.8 Å². The van der Waals surface area contributed by atoms with Crippen LogP contribution in [0.15, 0.2) is 18.2 Å². The molecule has 0 unspecified atom stereocenters. The number of tetrazole rings is 1. The van der Waals surface area contributed by atoms with Gasteiger partial charge in [0.1, 0.15) is 0 Å². The first-order valence-electron chi connectivity index (χ1n) is 6.45. The number of hydrogen-bond donors (Lipinski definition) is 3. The summed E-state index contributed by atoms with van der Waals surface area (Å²) in [4.78, 5) is 23.9. The lowest BCUT2D eigenvalue weighted by atomic mass is 9.86. The van der Waals surface area contributed by atoms with Crippen LogP contribution in [0.1, 0.15) is 35.6 Å². The van der Waals surface area contributed by atoms with Crippen molar-refractivity contribution < 1.29 is 9.59 Å². The van der Waals surface area contributed by atoms with Gasteiger partial charge in [-0.15, -0.1) is 10.2 Å². The molecule has 1 aliphatic rings. The number of nitrogens with one attached hydrogen (secondary N) is 3. The van der Waals surface area contributed by atoms with Gasteiger partial charge in [0.2, 0.25) is 5.91 Å². The summed E-state index contributed by atoms with van der Waals surface area (Å²) in [5, 5.41) is 18.7. The van der Waals surface area contributed by atoms with Gasteiger partial charge in [-0.3, -0.25) is 9.59 Å². The molecule has 0 spiro atoms. The van der Waals surface area contributed by atoms with Crippen LogP contribution in [0.25, 0.3) is 0 Å². The first-order valence-corrected chi connectivity index (χ1v) is 6.45. The Morgan fingerprint density at radius 1 is 1.38 bits per heavy atom. The quantitative estimate of drug-likeness (QED) is 0.754. The third kappa shape index (κ3) is 2.24. The first kappa shape index (κ1) is 13.2. The average Bonchev–Trinajstić information content (AvgIpc) is 3.04. The minimum Gasteiger partial charge on any atom is -0.345 e. The fraction of sp³-hybridized carbons (Fsp3) is 0.308. The lowest BCUT2D eigenvalue weighted by molar-refractivity contribution is -0.119. The molecule has 1 aromatic carbocycles. The minimum absolute atomic E-state index is 0.0677. The van der Waals surface area contributed by atoms with Crippen molar-refractivity contribution in [3.8, 4) is 0 Å². The molecule has 0 radical (unpaired) electrons. The van der Waals surface area contributed by atoms with E-state index in [2.05, 4.69) is 31.3 Å². The summed E-state index contributed by atoms with van der Waals surface area (Å²) >= 11 is 0. The number of carbonyl (C=O) groups is 2. The molecule has 21 heavy (non-hydrogen) atoms. The summed E-state index contributed by atoms with van der Waals surface area (Å²) in [5.41, 5.74) is 1.46. The number of amides is 2. The molecule has 0 saturated carbocycles. The van der Waals surface area contributed by atoms with Crippen molar-refractivity contribution in [2.45, 2.75) is 25.8 Å². The maximum atomic E-state index is 12.1. The lowest BCUT2D eigenvalue weighted by Gasteiger charge is -2.14. The molecule has 1 aromatic heterocycles. The van der Waals surface area contributed by atoms with E-state index in [0.717, 1.165) is 5.56 Å². The number of hydrogen-bond acceptors (Lipinski definition) is 5. The molecule has 2 amide bonds. The monoisotopic (exact) mass is 286 g/mol. The molecule has 8 heteroatoms. The van der Waals surface area contributed by atoms with Crippen molar-refractivity contribution in [3.63, 3.8) is 0 Å². The van der Waals surface area contributed by atoms with E-state index in [9.17, 15) is 9.59 Å². The molecule has 1 aliphatic heterocycles. The Bertz CT molecular complexity index is 707. The van der Waals surface area contributed by atoms with Gasteiger partial charge in [-0.25, -0.2) is 0 Å². The van der Waals surface area contributed by atoms with Crippen LogP contribution in [0.4, 0.5) is 5.69 Å². The highest BCUT2D eigenvalue weighted by molar-refractivity contribution is 6.07. The average molecular weight is 286 g/mol. The third-order valence-corrected chi connectivity index (χ3v) is 3.57. The maximum Gasteiger partial charge on any atom is 0.251 e. The number of fused-ring (bicyclic) bond motifs is 1. The van der Waals surface area contributed by atoms with Gasteiger partial charge in [0, 0.05) is 11.3 Å². The number of H-pyrrole nitrogens is 1. The third-order valence-electron chi connectivity index (χ3n) is 3.57. The van der Waals surface area contributed by atoms with E-state index in [0.29, 0.717) is 17.1 Å². The molecule has 0 bridgehead atoms. The van der Waals surface area contributed by atoms with Gasteiger partial charge in [0.15, 0.2) is 5.82 Å². The molecular weight excluding hydrogens is 272 g/mol. The normalized spacial score (nSPS) is 15.4. The molecule has 0 saturated heterocycles. The number of aromatic amines is 1. The van der Waals surface area contributed by atoms with Crippen molar-refractivity contribution in [2.24, 2.45) is 0 Å². The van der Waals surface area contributed by atoms with Crippen LogP contribution in [-0.2, 0) is 16.8 Å². The van der Waals surface area contributed by atoms with E-state index in [1.54, 1.807) is 18.2 Å². The second-order valence-electron chi connectivity index (χ2n) is 5.35. The molecule has 3 N–H and O–H groups in total. The summed E-state index contributed by atoms with van der Waals surface area (Å²) in [6.45, 7) is 3.89. The second-order valence-corrected chi connectivity index (χ2v) is 5.35. The van der Waals surface area contributed by atoms with Crippen LogP contribution in [0.5, 0.6) is 0 Å². The Hall–Kier alpha value is -2.77. The molecule has 2 aromatic rings. The zero-order valence-electron chi connectivity index (χ0n) is 11.6. The molecule has 3 rings (SSSR count). The van der Waals surface area contributed by atoms with Gasteiger partial charge in [0.25, 0.3) is 5.91 Å². The number of carbonyl (C=O) groups excluding carboxylic acids is 2. The van der Waals surface area contributed by atoms with Crippen LogP contribution in [0.3, 0.4) is 0 Å². The standard InChI is InChI=1S/C13H14N6O2/c1-13(2)8-4-3-7(5-9(8)15-12(13)21)11(20)14-6-10-16-18-19-17-10/h3-5H,6H2,1-2H3,(H,14,20)(H,15,21)(H,16,17,18,19).